The fraction of sp³-hybridized carbons (Fsp3) is 0.111. The molecule has 1 amide bonds. The summed E-state index contributed by atoms with van der Waals surface area (Å²) >= 11 is 4.83. The zero-order valence-corrected chi connectivity index (χ0v) is 10.4. The smallest absolute Gasteiger partial charge is 0.281 e. The predicted molar refractivity (Wildman–Crippen MR) is 65.9 cm³/mol. The highest BCUT2D eigenvalue weighted by Gasteiger charge is 2.14. The summed E-state index contributed by atoms with van der Waals surface area (Å²) in [6.45, 7) is 0. The summed E-state index contributed by atoms with van der Waals surface area (Å²) in [5.74, 6) is -0.446. The van der Waals surface area contributed by atoms with Crippen molar-refractivity contribution in [2.75, 3.05) is 11.9 Å². The third-order valence-corrected chi connectivity index (χ3v) is 3.29. The first kappa shape index (κ1) is 11.9. The molecule has 2 rings (SSSR count). The first-order valence-electron chi connectivity index (χ1n) is 4.49. The van der Waals surface area contributed by atoms with Gasteiger partial charge >= 0.3 is 0 Å². The Kier molecular flexibility index (Phi) is 3.34. The number of thiol groups is 1. The van der Waals surface area contributed by atoms with E-state index in [4.69, 9.17) is 0 Å². The van der Waals surface area contributed by atoms with Gasteiger partial charge in [0.05, 0.1) is 6.20 Å². The second-order valence-electron chi connectivity index (χ2n) is 3.12. The summed E-state index contributed by atoms with van der Waals surface area (Å²) in [5, 5.41) is 8.13. The van der Waals surface area contributed by atoms with Crippen molar-refractivity contribution < 1.29 is 9.18 Å². The average molecular weight is 270 g/mol. The molecule has 0 aliphatic carbocycles. The van der Waals surface area contributed by atoms with Gasteiger partial charge in [-0.1, -0.05) is 24.0 Å². The van der Waals surface area contributed by atoms with Crippen LogP contribution in [-0.4, -0.2) is 27.5 Å². The standard InChI is InChI=1S/C9H7FN4OS2/c1-14(9(15)16)8-13-12-7(17-8)5-2-6(10)4-11-3-5/h2-4H,1H3,(H,15,16). The fourth-order valence-corrected chi connectivity index (χ4v) is 2.03. The molecule has 0 bridgehead atoms. The Hall–Kier alpha value is -1.54. The molecule has 17 heavy (non-hydrogen) atoms. The highest BCUT2D eigenvalue weighted by Crippen LogP contribution is 2.28. The van der Waals surface area contributed by atoms with E-state index in [9.17, 15) is 9.18 Å². The molecule has 2 aromatic heterocycles. The number of rotatable bonds is 2. The fourth-order valence-electron chi connectivity index (χ4n) is 1.08. The first-order chi connectivity index (χ1) is 8.08. The lowest BCUT2D eigenvalue weighted by molar-refractivity contribution is 0.266. The molecule has 0 spiro atoms. The van der Waals surface area contributed by atoms with E-state index in [2.05, 4.69) is 27.8 Å². The van der Waals surface area contributed by atoms with Crippen LogP contribution >= 0.6 is 24.0 Å². The van der Waals surface area contributed by atoms with Crippen LogP contribution in [0.25, 0.3) is 10.6 Å². The number of carbonyl (C=O) groups is 1. The van der Waals surface area contributed by atoms with Gasteiger partial charge in [0.1, 0.15) is 5.82 Å². The average Bonchev–Trinajstić information content (AvgIpc) is 2.77. The van der Waals surface area contributed by atoms with Gasteiger partial charge in [-0.2, -0.15) is 0 Å². The molecule has 0 aliphatic heterocycles. The van der Waals surface area contributed by atoms with Crippen LogP contribution in [0.2, 0.25) is 0 Å². The zero-order chi connectivity index (χ0) is 12.4. The van der Waals surface area contributed by atoms with Gasteiger partial charge in [-0.05, 0) is 6.07 Å². The SMILES string of the molecule is CN(C(=O)S)c1nnc(-c2cncc(F)c2)s1. The van der Waals surface area contributed by atoms with Crippen LogP contribution in [-0.2, 0) is 0 Å². The molecule has 0 fully saturated rings. The third-order valence-electron chi connectivity index (χ3n) is 1.94. The summed E-state index contributed by atoms with van der Waals surface area (Å²) in [4.78, 5) is 16.0. The second-order valence-corrected chi connectivity index (χ2v) is 4.46. The number of anilines is 1. The number of hydrogen-bond acceptors (Lipinski definition) is 5. The van der Waals surface area contributed by atoms with Crippen molar-refractivity contribution in [1.29, 1.82) is 0 Å². The van der Waals surface area contributed by atoms with Crippen LogP contribution in [0.1, 0.15) is 0 Å². The molecular formula is C9H7FN4OS2. The molecule has 0 unspecified atom stereocenters. The van der Waals surface area contributed by atoms with E-state index in [1.54, 1.807) is 0 Å². The number of halogens is 1. The van der Waals surface area contributed by atoms with Gasteiger partial charge in [0.25, 0.3) is 5.24 Å². The van der Waals surface area contributed by atoms with E-state index < -0.39 is 11.1 Å². The van der Waals surface area contributed by atoms with Gasteiger partial charge in [0.15, 0.2) is 5.01 Å². The zero-order valence-electron chi connectivity index (χ0n) is 8.66. The molecule has 2 heterocycles. The maximum Gasteiger partial charge on any atom is 0.284 e. The van der Waals surface area contributed by atoms with Crippen molar-refractivity contribution in [2.45, 2.75) is 0 Å². The van der Waals surface area contributed by atoms with Gasteiger partial charge < -0.3 is 0 Å². The minimum Gasteiger partial charge on any atom is -0.281 e. The summed E-state index contributed by atoms with van der Waals surface area (Å²) < 4.78 is 13.0. The number of nitrogens with zero attached hydrogens (tertiary/aromatic N) is 4. The summed E-state index contributed by atoms with van der Waals surface area (Å²) in [5.41, 5.74) is 0.522. The van der Waals surface area contributed by atoms with Gasteiger partial charge in [-0.25, -0.2) is 4.39 Å². The monoisotopic (exact) mass is 270 g/mol. The van der Waals surface area contributed by atoms with Crippen LogP contribution in [0.15, 0.2) is 18.5 Å². The van der Waals surface area contributed by atoms with Crippen LogP contribution < -0.4 is 4.90 Å². The molecule has 0 radical (unpaired) electrons. The maximum absolute atomic E-state index is 13.0. The number of hydrogen-bond donors (Lipinski definition) is 1. The van der Waals surface area contributed by atoms with Gasteiger partial charge in [-0.15, -0.1) is 10.2 Å². The second kappa shape index (κ2) is 4.76. The molecule has 0 aliphatic rings. The molecule has 8 heteroatoms. The van der Waals surface area contributed by atoms with Gasteiger partial charge in [-0.3, -0.25) is 14.7 Å². The van der Waals surface area contributed by atoms with Crippen molar-refractivity contribution in [3.05, 3.63) is 24.3 Å². The van der Waals surface area contributed by atoms with Crippen LogP contribution in [0, 0.1) is 5.82 Å². The molecule has 5 nitrogen and oxygen atoms in total. The number of pyridine rings is 1. The van der Waals surface area contributed by atoms with Crippen molar-refractivity contribution in [1.82, 2.24) is 15.2 Å². The number of amides is 1. The minimum absolute atomic E-state index is 0.393. The maximum atomic E-state index is 13.0. The van der Waals surface area contributed by atoms with Crippen molar-refractivity contribution in [2.24, 2.45) is 0 Å². The summed E-state index contributed by atoms with van der Waals surface area (Å²) in [6.07, 6.45) is 2.59. The van der Waals surface area contributed by atoms with Crippen molar-refractivity contribution in [3.8, 4) is 10.6 Å². The summed E-state index contributed by atoms with van der Waals surface area (Å²) in [6, 6.07) is 1.31. The van der Waals surface area contributed by atoms with E-state index in [1.807, 2.05) is 0 Å². The minimum atomic E-state index is -0.446. The lowest BCUT2D eigenvalue weighted by atomic mass is 10.3. The topological polar surface area (TPSA) is 59.0 Å². The summed E-state index contributed by atoms with van der Waals surface area (Å²) in [7, 11) is 1.53. The molecule has 0 N–H and O–H groups in total. The Balaban J connectivity index is 2.33. The normalized spacial score (nSPS) is 10.3. The Labute approximate surface area is 106 Å². The number of carbonyl (C=O) groups excluding carboxylic acids is 1. The molecular weight excluding hydrogens is 263 g/mol. The predicted octanol–water partition coefficient (Wildman–Crippen LogP) is 2.23. The van der Waals surface area contributed by atoms with Crippen LogP contribution in [0.4, 0.5) is 14.3 Å². The van der Waals surface area contributed by atoms with E-state index in [0.717, 1.165) is 17.5 Å². The van der Waals surface area contributed by atoms with Crippen LogP contribution in [0.3, 0.4) is 0 Å². The van der Waals surface area contributed by atoms with E-state index in [1.165, 1.54) is 24.2 Å². The van der Waals surface area contributed by atoms with E-state index >= 15 is 0 Å². The van der Waals surface area contributed by atoms with Gasteiger partial charge in [0.2, 0.25) is 5.13 Å². The molecule has 2 aromatic rings. The lowest BCUT2D eigenvalue weighted by Crippen LogP contribution is -2.19. The first-order valence-corrected chi connectivity index (χ1v) is 5.75. The molecule has 88 valence electrons. The Morgan fingerprint density at radius 3 is 2.88 bits per heavy atom. The van der Waals surface area contributed by atoms with Crippen LogP contribution in [0.5, 0.6) is 0 Å². The third kappa shape index (κ3) is 2.59. The Morgan fingerprint density at radius 1 is 1.47 bits per heavy atom. The Morgan fingerprint density at radius 2 is 2.24 bits per heavy atom. The highest BCUT2D eigenvalue weighted by molar-refractivity contribution is 7.97. The quantitative estimate of drug-likeness (QED) is 0.850. The molecule has 0 aromatic carbocycles. The van der Waals surface area contributed by atoms with E-state index in [-0.39, 0.29) is 0 Å². The van der Waals surface area contributed by atoms with Gasteiger partial charge in [0, 0.05) is 18.8 Å². The lowest BCUT2D eigenvalue weighted by Gasteiger charge is -2.07. The highest BCUT2D eigenvalue weighted by atomic mass is 32.1. The Bertz CT molecular complexity index is 559. The van der Waals surface area contributed by atoms with Crippen molar-refractivity contribution >= 4 is 34.3 Å². The van der Waals surface area contributed by atoms with E-state index in [0.29, 0.717) is 15.7 Å². The largest absolute Gasteiger partial charge is 0.284 e. The molecule has 0 atom stereocenters. The van der Waals surface area contributed by atoms with Crippen molar-refractivity contribution in [3.63, 3.8) is 0 Å². The number of aromatic nitrogens is 3. The molecule has 0 saturated heterocycles. The molecule has 0 saturated carbocycles.